The zero-order valence-electron chi connectivity index (χ0n) is 12.7. The van der Waals surface area contributed by atoms with Gasteiger partial charge >= 0.3 is 6.09 Å². The van der Waals surface area contributed by atoms with Crippen LogP contribution in [-0.2, 0) is 4.74 Å². The van der Waals surface area contributed by atoms with E-state index in [0.717, 1.165) is 12.8 Å². The third kappa shape index (κ3) is 4.03. The lowest BCUT2D eigenvalue weighted by molar-refractivity contribution is 0.0371. The smallest absolute Gasteiger partial charge is 0.416 e. The summed E-state index contributed by atoms with van der Waals surface area (Å²) < 4.78 is 19.4. The highest BCUT2D eigenvalue weighted by molar-refractivity contribution is 6.06. The highest BCUT2D eigenvalue weighted by atomic mass is 19.1. The standard InChI is InChI=1S/C16H21FN2O2/c1-16(2,3)21-15(20)19-11-7-6-10-18-14(19)12-8-4-5-9-13(12)17/h4-5,8-9H,6-7,10-11H2,1-3H3. The molecular formula is C16H21FN2O2. The van der Waals surface area contributed by atoms with Gasteiger partial charge in [-0.2, -0.15) is 0 Å². The molecule has 1 aliphatic heterocycles. The van der Waals surface area contributed by atoms with Gasteiger partial charge < -0.3 is 4.74 Å². The van der Waals surface area contributed by atoms with Gasteiger partial charge in [-0.05, 0) is 45.7 Å². The van der Waals surface area contributed by atoms with Gasteiger partial charge in [-0.1, -0.05) is 12.1 Å². The van der Waals surface area contributed by atoms with E-state index in [4.69, 9.17) is 4.74 Å². The summed E-state index contributed by atoms with van der Waals surface area (Å²) in [6, 6.07) is 6.36. The van der Waals surface area contributed by atoms with Crippen molar-refractivity contribution in [2.45, 2.75) is 39.2 Å². The molecule has 0 saturated carbocycles. The Morgan fingerprint density at radius 2 is 2.00 bits per heavy atom. The molecule has 1 amide bonds. The van der Waals surface area contributed by atoms with Gasteiger partial charge in [0.05, 0.1) is 5.56 Å². The fourth-order valence-corrected chi connectivity index (χ4v) is 2.13. The first-order valence-electron chi connectivity index (χ1n) is 7.18. The Bertz CT molecular complexity index is 549. The van der Waals surface area contributed by atoms with E-state index in [0.29, 0.717) is 24.5 Å². The monoisotopic (exact) mass is 292 g/mol. The Kier molecular flexibility index (Phi) is 4.60. The lowest BCUT2D eigenvalue weighted by Gasteiger charge is -2.27. The molecule has 4 nitrogen and oxygen atoms in total. The van der Waals surface area contributed by atoms with Crippen LogP contribution < -0.4 is 0 Å². The van der Waals surface area contributed by atoms with Crippen molar-refractivity contribution in [1.29, 1.82) is 0 Å². The van der Waals surface area contributed by atoms with Crippen LogP contribution in [0.4, 0.5) is 9.18 Å². The number of aliphatic imine (C=N–C) groups is 1. The molecule has 0 bridgehead atoms. The summed E-state index contributed by atoms with van der Waals surface area (Å²) in [6.07, 6.45) is 1.21. The van der Waals surface area contributed by atoms with E-state index in [1.165, 1.54) is 11.0 Å². The van der Waals surface area contributed by atoms with Crippen LogP contribution in [0.3, 0.4) is 0 Å². The maximum Gasteiger partial charge on any atom is 0.416 e. The van der Waals surface area contributed by atoms with Crippen molar-refractivity contribution in [3.8, 4) is 0 Å². The second kappa shape index (κ2) is 6.24. The van der Waals surface area contributed by atoms with Crippen molar-refractivity contribution in [2.75, 3.05) is 13.1 Å². The highest BCUT2D eigenvalue weighted by Gasteiger charge is 2.28. The first-order valence-corrected chi connectivity index (χ1v) is 7.18. The van der Waals surface area contributed by atoms with Crippen LogP contribution in [0, 0.1) is 5.82 Å². The zero-order valence-corrected chi connectivity index (χ0v) is 12.7. The van der Waals surface area contributed by atoms with Crippen LogP contribution in [-0.4, -0.2) is 35.5 Å². The van der Waals surface area contributed by atoms with Crippen molar-refractivity contribution in [1.82, 2.24) is 4.90 Å². The van der Waals surface area contributed by atoms with Crippen molar-refractivity contribution in [2.24, 2.45) is 4.99 Å². The molecule has 0 aliphatic carbocycles. The van der Waals surface area contributed by atoms with Gasteiger partial charge in [0.25, 0.3) is 0 Å². The SMILES string of the molecule is CC(C)(C)OC(=O)N1CCCCN=C1c1ccccc1F. The van der Waals surface area contributed by atoms with E-state index in [-0.39, 0.29) is 5.82 Å². The second-order valence-corrected chi connectivity index (χ2v) is 6.02. The molecule has 1 aromatic carbocycles. The lowest BCUT2D eigenvalue weighted by Crippen LogP contribution is -2.41. The largest absolute Gasteiger partial charge is 0.443 e. The van der Waals surface area contributed by atoms with Crippen LogP contribution in [0.2, 0.25) is 0 Å². The fourth-order valence-electron chi connectivity index (χ4n) is 2.13. The van der Waals surface area contributed by atoms with E-state index in [9.17, 15) is 9.18 Å². The first kappa shape index (κ1) is 15.5. The molecule has 0 saturated heterocycles. The normalized spacial score (nSPS) is 16.2. The Morgan fingerprint density at radius 3 is 2.67 bits per heavy atom. The molecule has 0 spiro atoms. The number of halogens is 1. The number of nitrogens with zero attached hydrogens (tertiary/aromatic N) is 2. The summed E-state index contributed by atoms with van der Waals surface area (Å²) in [4.78, 5) is 18.2. The van der Waals surface area contributed by atoms with E-state index >= 15 is 0 Å². The molecule has 1 heterocycles. The van der Waals surface area contributed by atoms with E-state index in [2.05, 4.69) is 4.99 Å². The van der Waals surface area contributed by atoms with E-state index < -0.39 is 11.7 Å². The number of rotatable bonds is 1. The molecule has 21 heavy (non-hydrogen) atoms. The number of hydrogen-bond donors (Lipinski definition) is 0. The fraction of sp³-hybridized carbons (Fsp3) is 0.500. The molecule has 0 aromatic heterocycles. The zero-order chi connectivity index (χ0) is 15.5. The van der Waals surface area contributed by atoms with Gasteiger partial charge in [0.15, 0.2) is 0 Å². The van der Waals surface area contributed by atoms with Crippen molar-refractivity contribution >= 4 is 11.9 Å². The summed E-state index contributed by atoms with van der Waals surface area (Å²) in [7, 11) is 0. The molecule has 0 N–H and O–H groups in total. The summed E-state index contributed by atoms with van der Waals surface area (Å²) >= 11 is 0. The Morgan fingerprint density at radius 1 is 1.29 bits per heavy atom. The Labute approximate surface area is 124 Å². The second-order valence-electron chi connectivity index (χ2n) is 6.02. The number of hydrogen-bond acceptors (Lipinski definition) is 3. The molecule has 0 radical (unpaired) electrons. The van der Waals surface area contributed by atoms with Gasteiger partial charge in [-0.15, -0.1) is 0 Å². The minimum atomic E-state index is -0.594. The number of benzene rings is 1. The van der Waals surface area contributed by atoms with Crippen molar-refractivity contribution in [3.05, 3.63) is 35.6 Å². The van der Waals surface area contributed by atoms with Crippen LogP contribution in [0.15, 0.2) is 29.3 Å². The molecule has 1 aliphatic rings. The molecule has 0 unspecified atom stereocenters. The average molecular weight is 292 g/mol. The summed E-state index contributed by atoms with van der Waals surface area (Å²) in [5.74, 6) is -0.0217. The predicted molar refractivity (Wildman–Crippen MR) is 80.0 cm³/mol. The lowest BCUT2D eigenvalue weighted by atomic mass is 10.1. The third-order valence-electron chi connectivity index (χ3n) is 3.04. The Hall–Kier alpha value is -1.91. The number of carbonyl (C=O) groups excluding carboxylic acids is 1. The van der Waals surface area contributed by atoms with Crippen LogP contribution in [0.1, 0.15) is 39.2 Å². The van der Waals surface area contributed by atoms with Gasteiger partial charge in [-0.25, -0.2) is 9.18 Å². The molecule has 1 aromatic rings. The molecule has 114 valence electrons. The predicted octanol–water partition coefficient (Wildman–Crippen LogP) is 3.60. The van der Waals surface area contributed by atoms with Gasteiger partial charge in [0, 0.05) is 13.1 Å². The first-order chi connectivity index (χ1) is 9.88. The minimum absolute atomic E-state index is 0.338. The van der Waals surface area contributed by atoms with E-state index in [1.54, 1.807) is 18.2 Å². The molecule has 5 heteroatoms. The molecule has 0 atom stereocenters. The van der Waals surface area contributed by atoms with Gasteiger partial charge in [0.2, 0.25) is 0 Å². The third-order valence-corrected chi connectivity index (χ3v) is 3.04. The Balaban J connectivity index is 2.33. The van der Waals surface area contributed by atoms with E-state index in [1.807, 2.05) is 20.8 Å². The van der Waals surface area contributed by atoms with Gasteiger partial charge in [0.1, 0.15) is 17.3 Å². The quantitative estimate of drug-likeness (QED) is 0.793. The van der Waals surface area contributed by atoms with Crippen LogP contribution in [0.25, 0.3) is 0 Å². The summed E-state index contributed by atoms with van der Waals surface area (Å²) in [5, 5.41) is 0. The number of ether oxygens (including phenoxy) is 1. The van der Waals surface area contributed by atoms with Crippen molar-refractivity contribution in [3.63, 3.8) is 0 Å². The molecular weight excluding hydrogens is 271 g/mol. The van der Waals surface area contributed by atoms with Crippen molar-refractivity contribution < 1.29 is 13.9 Å². The van der Waals surface area contributed by atoms with Crippen LogP contribution >= 0.6 is 0 Å². The maximum atomic E-state index is 14.0. The summed E-state index contributed by atoms with van der Waals surface area (Å²) in [5.41, 5.74) is -0.255. The number of carbonyl (C=O) groups is 1. The number of amides is 1. The summed E-state index contributed by atoms with van der Waals surface area (Å²) in [6.45, 7) is 6.50. The minimum Gasteiger partial charge on any atom is -0.443 e. The number of amidine groups is 1. The topological polar surface area (TPSA) is 41.9 Å². The maximum absolute atomic E-state index is 14.0. The molecule has 2 rings (SSSR count). The molecule has 0 fully saturated rings. The average Bonchev–Trinajstić information content (AvgIpc) is 2.63. The van der Waals surface area contributed by atoms with Gasteiger partial charge in [-0.3, -0.25) is 9.89 Å². The highest BCUT2D eigenvalue weighted by Crippen LogP contribution is 2.18. The van der Waals surface area contributed by atoms with Crippen LogP contribution in [0.5, 0.6) is 0 Å².